The van der Waals surface area contributed by atoms with Crippen LogP contribution in [0, 0.1) is 0 Å². The third kappa shape index (κ3) is 2.50. The quantitative estimate of drug-likeness (QED) is 0.904. The summed E-state index contributed by atoms with van der Waals surface area (Å²) in [5.74, 6) is 0.594. The van der Waals surface area contributed by atoms with Crippen LogP contribution in [-0.4, -0.2) is 28.6 Å². The summed E-state index contributed by atoms with van der Waals surface area (Å²) in [6.45, 7) is 10.0. The monoisotopic (exact) mass is 289 g/mol. The molecule has 0 saturated carbocycles. The zero-order valence-electron chi connectivity index (χ0n) is 10.3. The normalized spacial score (nSPS) is 14.4. The molecule has 0 aromatic carbocycles. The highest BCUT2D eigenvalue weighted by Crippen LogP contribution is 2.35. The molecule has 1 rings (SSSR count). The molecule has 1 aromatic rings. The van der Waals surface area contributed by atoms with Gasteiger partial charge in [0, 0.05) is 5.54 Å². The van der Waals surface area contributed by atoms with Gasteiger partial charge in [0.05, 0.1) is 10.7 Å². The Kier molecular flexibility index (Phi) is 4.59. The van der Waals surface area contributed by atoms with Gasteiger partial charge in [-0.05, 0) is 48.9 Å². The van der Waals surface area contributed by atoms with Gasteiger partial charge in [-0.15, -0.1) is 0 Å². The molecule has 4 heteroatoms. The number of hydrogen-bond donors (Lipinski definition) is 1. The van der Waals surface area contributed by atoms with Gasteiger partial charge in [0.15, 0.2) is 0 Å². The Hall–Kier alpha value is -0.320. The lowest BCUT2D eigenvalue weighted by Gasteiger charge is -2.40. The molecule has 16 heavy (non-hydrogen) atoms. The lowest BCUT2D eigenvalue weighted by Crippen LogP contribution is -2.48. The van der Waals surface area contributed by atoms with Crippen LogP contribution in [-0.2, 0) is 0 Å². The van der Waals surface area contributed by atoms with Crippen molar-refractivity contribution in [2.75, 3.05) is 13.1 Å². The van der Waals surface area contributed by atoms with E-state index < -0.39 is 6.10 Å². The van der Waals surface area contributed by atoms with E-state index in [-0.39, 0.29) is 5.54 Å². The highest BCUT2D eigenvalue weighted by Gasteiger charge is 2.36. The molecule has 1 N–H and O–H groups in total. The van der Waals surface area contributed by atoms with Gasteiger partial charge >= 0.3 is 0 Å². The Labute approximate surface area is 106 Å². The third-order valence-corrected chi connectivity index (χ3v) is 3.80. The van der Waals surface area contributed by atoms with Crippen molar-refractivity contribution in [3.8, 4) is 0 Å². The van der Waals surface area contributed by atoms with Crippen LogP contribution in [0.5, 0.6) is 0 Å². The molecule has 1 atom stereocenters. The lowest BCUT2D eigenvalue weighted by molar-refractivity contribution is -0.0184. The summed E-state index contributed by atoms with van der Waals surface area (Å²) in [5, 5.41) is 10.4. The molecule has 0 aliphatic heterocycles. The second kappa shape index (κ2) is 5.34. The SMILES string of the molecule is CCN(CC)C(C)(C)C(O)c1occc1Br. The van der Waals surface area contributed by atoms with Crippen molar-refractivity contribution in [1.29, 1.82) is 0 Å². The molecule has 92 valence electrons. The van der Waals surface area contributed by atoms with Gasteiger partial charge in [-0.1, -0.05) is 13.8 Å². The number of likely N-dealkylation sites (N-methyl/N-ethyl adjacent to an activating group) is 1. The zero-order chi connectivity index (χ0) is 12.3. The van der Waals surface area contributed by atoms with Crippen LogP contribution in [0.4, 0.5) is 0 Å². The summed E-state index contributed by atoms with van der Waals surface area (Å²) in [4.78, 5) is 2.21. The molecule has 1 heterocycles. The molecule has 0 spiro atoms. The van der Waals surface area contributed by atoms with Crippen LogP contribution >= 0.6 is 15.9 Å². The van der Waals surface area contributed by atoms with Crippen molar-refractivity contribution in [3.05, 3.63) is 22.6 Å². The first-order chi connectivity index (χ1) is 7.45. The Balaban J connectivity index is 2.95. The first kappa shape index (κ1) is 13.7. The van der Waals surface area contributed by atoms with Crippen LogP contribution in [0.15, 0.2) is 21.2 Å². The average Bonchev–Trinajstić information content (AvgIpc) is 2.64. The van der Waals surface area contributed by atoms with E-state index in [0.29, 0.717) is 5.76 Å². The number of rotatable bonds is 5. The fourth-order valence-corrected chi connectivity index (χ4v) is 2.45. The first-order valence-electron chi connectivity index (χ1n) is 5.61. The molecule has 1 aromatic heterocycles. The van der Waals surface area contributed by atoms with E-state index in [0.717, 1.165) is 17.6 Å². The van der Waals surface area contributed by atoms with E-state index >= 15 is 0 Å². The van der Waals surface area contributed by atoms with Crippen molar-refractivity contribution in [2.45, 2.75) is 39.3 Å². The van der Waals surface area contributed by atoms with Crippen LogP contribution in [0.3, 0.4) is 0 Å². The minimum Gasteiger partial charge on any atom is -0.465 e. The minimum absolute atomic E-state index is 0.343. The van der Waals surface area contributed by atoms with Crippen LogP contribution in [0.25, 0.3) is 0 Å². The molecule has 1 unspecified atom stereocenters. The minimum atomic E-state index is -0.642. The third-order valence-electron chi connectivity index (χ3n) is 3.14. The Morgan fingerprint density at radius 1 is 1.44 bits per heavy atom. The van der Waals surface area contributed by atoms with Gasteiger partial charge in [-0.25, -0.2) is 0 Å². The average molecular weight is 290 g/mol. The van der Waals surface area contributed by atoms with Gasteiger partial charge in [0.2, 0.25) is 0 Å². The lowest BCUT2D eigenvalue weighted by atomic mass is 9.93. The van der Waals surface area contributed by atoms with Crippen molar-refractivity contribution < 1.29 is 9.52 Å². The molecule has 0 aliphatic carbocycles. The number of halogens is 1. The Morgan fingerprint density at radius 3 is 2.38 bits per heavy atom. The van der Waals surface area contributed by atoms with E-state index in [1.165, 1.54) is 0 Å². The topological polar surface area (TPSA) is 36.6 Å². The van der Waals surface area contributed by atoms with E-state index in [1.54, 1.807) is 12.3 Å². The molecule has 0 bridgehead atoms. The largest absolute Gasteiger partial charge is 0.465 e. The first-order valence-corrected chi connectivity index (χ1v) is 6.40. The number of hydrogen-bond acceptors (Lipinski definition) is 3. The highest BCUT2D eigenvalue weighted by atomic mass is 79.9. The molecule has 0 fully saturated rings. The number of aliphatic hydroxyl groups excluding tert-OH is 1. The molecule has 0 aliphatic rings. The standard InChI is InChI=1S/C12H20BrNO2/c1-5-14(6-2)12(3,4)11(15)10-9(13)7-8-16-10/h7-8,11,15H,5-6H2,1-4H3. The Bertz CT molecular complexity index is 332. The second-order valence-electron chi connectivity index (χ2n) is 4.36. The Morgan fingerprint density at radius 2 is 2.00 bits per heavy atom. The van der Waals surface area contributed by atoms with E-state index in [2.05, 4.69) is 34.7 Å². The van der Waals surface area contributed by atoms with E-state index in [9.17, 15) is 5.11 Å². The maximum atomic E-state index is 10.4. The summed E-state index contributed by atoms with van der Waals surface area (Å²) in [7, 11) is 0. The maximum Gasteiger partial charge on any atom is 0.148 e. The van der Waals surface area contributed by atoms with E-state index in [4.69, 9.17) is 4.42 Å². The highest BCUT2D eigenvalue weighted by molar-refractivity contribution is 9.10. The van der Waals surface area contributed by atoms with Crippen molar-refractivity contribution in [2.24, 2.45) is 0 Å². The number of nitrogens with zero attached hydrogens (tertiary/aromatic N) is 1. The predicted octanol–water partition coefficient (Wildman–Crippen LogP) is 3.20. The molecule has 0 amide bonds. The van der Waals surface area contributed by atoms with Crippen molar-refractivity contribution in [3.63, 3.8) is 0 Å². The smallest absolute Gasteiger partial charge is 0.148 e. The summed E-state index contributed by atoms with van der Waals surface area (Å²) >= 11 is 3.38. The summed E-state index contributed by atoms with van der Waals surface area (Å²) in [6.07, 6.45) is 0.942. The molecule has 0 radical (unpaired) electrons. The summed E-state index contributed by atoms with van der Waals surface area (Å²) in [6, 6.07) is 1.80. The fourth-order valence-electron chi connectivity index (χ4n) is 2.03. The zero-order valence-corrected chi connectivity index (χ0v) is 11.9. The molecular formula is C12H20BrNO2. The van der Waals surface area contributed by atoms with Gasteiger partial charge in [-0.3, -0.25) is 4.90 Å². The van der Waals surface area contributed by atoms with Crippen molar-refractivity contribution >= 4 is 15.9 Å². The van der Waals surface area contributed by atoms with Crippen LogP contribution < -0.4 is 0 Å². The van der Waals surface area contributed by atoms with Crippen molar-refractivity contribution in [1.82, 2.24) is 4.90 Å². The fraction of sp³-hybridized carbons (Fsp3) is 0.667. The number of aliphatic hydroxyl groups is 1. The van der Waals surface area contributed by atoms with Gasteiger partial charge in [0.25, 0.3) is 0 Å². The van der Waals surface area contributed by atoms with Crippen LogP contribution in [0.2, 0.25) is 0 Å². The summed E-state index contributed by atoms with van der Waals surface area (Å²) < 4.78 is 6.15. The van der Waals surface area contributed by atoms with Gasteiger partial charge in [-0.2, -0.15) is 0 Å². The summed E-state index contributed by atoms with van der Waals surface area (Å²) in [5.41, 5.74) is -0.343. The van der Waals surface area contributed by atoms with E-state index in [1.807, 2.05) is 13.8 Å². The van der Waals surface area contributed by atoms with Gasteiger partial charge < -0.3 is 9.52 Å². The molecule has 3 nitrogen and oxygen atoms in total. The van der Waals surface area contributed by atoms with Gasteiger partial charge in [0.1, 0.15) is 11.9 Å². The number of furan rings is 1. The molecular weight excluding hydrogens is 270 g/mol. The van der Waals surface area contributed by atoms with Crippen LogP contribution in [0.1, 0.15) is 39.6 Å². The second-order valence-corrected chi connectivity index (χ2v) is 5.22. The predicted molar refractivity (Wildman–Crippen MR) is 68.4 cm³/mol. The maximum absolute atomic E-state index is 10.4. The molecule has 0 saturated heterocycles.